The van der Waals surface area contributed by atoms with Gasteiger partial charge in [-0.25, -0.2) is 0 Å². The Kier molecular flexibility index (Phi) is 9.56. The van der Waals surface area contributed by atoms with Crippen LogP contribution in [0.1, 0.15) is 45.4 Å². The maximum Gasteiger partial charge on any atom is 0.222 e. The molecule has 1 saturated carbocycles. The highest BCUT2D eigenvalue weighted by Gasteiger charge is 2.41. The van der Waals surface area contributed by atoms with Crippen LogP contribution in [0, 0.1) is 11.8 Å². The molecular weight excluding hydrogens is 404 g/mol. The van der Waals surface area contributed by atoms with Gasteiger partial charge >= 0.3 is 0 Å². The minimum atomic E-state index is 0.242. The number of Topliss-reactive ketones (excluding diaryl/α,β-unsaturated/α-hetero) is 1. The number of hydrogen-bond acceptors (Lipinski definition) is 6. The lowest BCUT2D eigenvalue weighted by Crippen LogP contribution is -2.52. The fraction of sp³-hybridized carbons (Fsp3) is 0.840. The van der Waals surface area contributed by atoms with E-state index in [1.165, 1.54) is 0 Å². The summed E-state index contributed by atoms with van der Waals surface area (Å²) in [5.41, 5.74) is 0.963. The number of ether oxygens (including phenoxy) is 1. The molecule has 0 aromatic carbocycles. The van der Waals surface area contributed by atoms with Gasteiger partial charge < -0.3 is 14.5 Å². The van der Waals surface area contributed by atoms with Crippen LogP contribution in [0.4, 0.5) is 0 Å². The molecular formula is C25H44N4O3. The van der Waals surface area contributed by atoms with Crippen molar-refractivity contribution in [3.8, 4) is 0 Å². The van der Waals surface area contributed by atoms with Gasteiger partial charge in [0.2, 0.25) is 5.91 Å². The fourth-order valence-electron chi connectivity index (χ4n) is 5.62. The Morgan fingerprint density at radius 2 is 1.97 bits per heavy atom. The van der Waals surface area contributed by atoms with E-state index in [4.69, 9.17) is 4.74 Å². The van der Waals surface area contributed by atoms with Crippen LogP contribution in [0.25, 0.3) is 0 Å². The zero-order chi connectivity index (χ0) is 23.1. The SMILES string of the molecule is CCCN1C[C@@H](CC(=O)N(C)CCN2CCCOCC2)C[C@@H]2CC(=O)C(=CN(C)C)C[C@H]21. The quantitative estimate of drug-likeness (QED) is 0.530. The smallest absolute Gasteiger partial charge is 0.222 e. The van der Waals surface area contributed by atoms with Gasteiger partial charge in [0, 0.05) is 91.1 Å². The average molecular weight is 449 g/mol. The summed E-state index contributed by atoms with van der Waals surface area (Å²) in [6.07, 6.45) is 7.24. The van der Waals surface area contributed by atoms with Gasteiger partial charge in [0.1, 0.15) is 0 Å². The third-order valence-corrected chi connectivity index (χ3v) is 7.26. The monoisotopic (exact) mass is 448 g/mol. The van der Waals surface area contributed by atoms with E-state index in [-0.39, 0.29) is 5.91 Å². The Hall–Kier alpha value is -1.44. The molecule has 0 bridgehead atoms. The highest BCUT2D eigenvalue weighted by atomic mass is 16.5. The number of hydrogen-bond donors (Lipinski definition) is 0. The van der Waals surface area contributed by atoms with Crippen molar-refractivity contribution in [2.24, 2.45) is 11.8 Å². The van der Waals surface area contributed by atoms with E-state index in [2.05, 4.69) is 16.7 Å². The first-order valence-electron chi connectivity index (χ1n) is 12.6. The van der Waals surface area contributed by atoms with Gasteiger partial charge in [-0.05, 0) is 44.1 Å². The van der Waals surface area contributed by atoms with Gasteiger partial charge in [0.25, 0.3) is 0 Å². The van der Waals surface area contributed by atoms with Crippen molar-refractivity contribution in [3.05, 3.63) is 11.8 Å². The molecule has 3 rings (SSSR count). The number of carbonyl (C=O) groups is 2. The zero-order valence-electron chi connectivity index (χ0n) is 20.7. The molecule has 0 aromatic heterocycles. The van der Waals surface area contributed by atoms with Crippen molar-refractivity contribution in [2.45, 2.75) is 51.5 Å². The van der Waals surface area contributed by atoms with Crippen LogP contribution < -0.4 is 0 Å². The molecule has 3 aliphatic rings. The molecule has 1 aliphatic carbocycles. The van der Waals surface area contributed by atoms with Crippen LogP contribution in [0.5, 0.6) is 0 Å². The van der Waals surface area contributed by atoms with E-state index in [0.29, 0.717) is 36.5 Å². The second-order valence-corrected chi connectivity index (χ2v) is 10.2. The number of carbonyl (C=O) groups excluding carboxylic acids is 2. The second-order valence-electron chi connectivity index (χ2n) is 10.2. The molecule has 32 heavy (non-hydrogen) atoms. The lowest BCUT2D eigenvalue weighted by atomic mass is 9.72. The molecule has 7 heteroatoms. The Labute approximate surface area is 194 Å². The number of amides is 1. The molecule has 3 atom stereocenters. The van der Waals surface area contributed by atoms with Gasteiger partial charge in [-0.15, -0.1) is 0 Å². The van der Waals surface area contributed by atoms with E-state index in [0.717, 1.165) is 83.7 Å². The second kappa shape index (κ2) is 12.1. The average Bonchev–Trinajstić information content (AvgIpc) is 3.01. The van der Waals surface area contributed by atoms with Crippen molar-refractivity contribution < 1.29 is 14.3 Å². The van der Waals surface area contributed by atoms with E-state index in [9.17, 15) is 9.59 Å². The summed E-state index contributed by atoms with van der Waals surface area (Å²) in [6, 6.07) is 0.438. The Bertz CT molecular complexity index is 658. The normalized spacial score (nSPS) is 28.9. The molecule has 0 aromatic rings. The first-order valence-corrected chi connectivity index (χ1v) is 12.6. The largest absolute Gasteiger partial charge is 0.383 e. The highest BCUT2D eigenvalue weighted by Crippen LogP contribution is 2.39. The Balaban J connectivity index is 1.54. The number of likely N-dealkylation sites (N-methyl/N-ethyl adjacent to an activating group) is 1. The Morgan fingerprint density at radius 1 is 1.16 bits per heavy atom. The van der Waals surface area contributed by atoms with Crippen LogP contribution in [0.15, 0.2) is 11.8 Å². The standard InChI is InChI=1S/C25H44N4O3/c1-5-7-29-18-20(14-21-17-24(30)22(16-23(21)29)19-26(2)3)15-25(31)27(4)9-10-28-8-6-12-32-13-11-28/h19-21,23H,5-18H2,1-4H3/t20-,21-,23-/m1/s1. The van der Waals surface area contributed by atoms with Crippen molar-refractivity contribution in [3.63, 3.8) is 0 Å². The molecule has 2 aliphatic heterocycles. The van der Waals surface area contributed by atoms with E-state index in [1.54, 1.807) is 0 Å². The number of fused-ring (bicyclic) bond motifs is 1. The fourth-order valence-corrected chi connectivity index (χ4v) is 5.62. The first-order chi connectivity index (χ1) is 15.4. The summed E-state index contributed by atoms with van der Waals surface area (Å²) in [4.78, 5) is 34.6. The summed E-state index contributed by atoms with van der Waals surface area (Å²) >= 11 is 0. The van der Waals surface area contributed by atoms with Crippen LogP contribution in [0.3, 0.4) is 0 Å². The van der Waals surface area contributed by atoms with Crippen molar-refractivity contribution >= 4 is 11.7 Å². The molecule has 7 nitrogen and oxygen atoms in total. The summed E-state index contributed by atoms with van der Waals surface area (Å²) < 4.78 is 5.53. The summed E-state index contributed by atoms with van der Waals surface area (Å²) in [5.74, 6) is 1.26. The highest BCUT2D eigenvalue weighted by molar-refractivity contribution is 5.96. The predicted molar refractivity (Wildman–Crippen MR) is 127 cm³/mol. The van der Waals surface area contributed by atoms with Crippen molar-refractivity contribution in [2.75, 3.05) is 73.6 Å². The van der Waals surface area contributed by atoms with Gasteiger partial charge in [-0.2, -0.15) is 0 Å². The number of nitrogens with zero attached hydrogens (tertiary/aromatic N) is 4. The molecule has 0 unspecified atom stereocenters. The third-order valence-electron chi connectivity index (χ3n) is 7.26. The summed E-state index contributed by atoms with van der Waals surface area (Å²) in [6.45, 7) is 9.57. The lowest BCUT2D eigenvalue weighted by molar-refractivity contribution is -0.132. The maximum absolute atomic E-state index is 13.0. The number of piperidine rings is 1. The lowest BCUT2D eigenvalue weighted by Gasteiger charge is -2.47. The van der Waals surface area contributed by atoms with Crippen LogP contribution in [-0.2, 0) is 14.3 Å². The van der Waals surface area contributed by atoms with Gasteiger partial charge in [-0.1, -0.05) is 6.92 Å². The van der Waals surface area contributed by atoms with Gasteiger partial charge in [-0.3, -0.25) is 19.4 Å². The van der Waals surface area contributed by atoms with E-state index < -0.39 is 0 Å². The zero-order valence-corrected chi connectivity index (χ0v) is 20.7. The molecule has 182 valence electrons. The van der Waals surface area contributed by atoms with Crippen molar-refractivity contribution in [1.82, 2.24) is 19.6 Å². The summed E-state index contributed by atoms with van der Waals surface area (Å²) in [7, 11) is 5.90. The predicted octanol–water partition coefficient (Wildman–Crippen LogP) is 2.08. The first kappa shape index (κ1) is 25.2. The Morgan fingerprint density at radius 3 is 2.72 bits per heavy atom. The number of rotatable bonds is 8. The third kappa shape index (κ3) is 7.03. The minimum absolute atomic E-state index is 0.242. The molecule has 1 amide bonds. The molecule has 2 saturated heterocycles. The van der Waals surface area contributed by atoms with E-state index in [1.807, 2.05) is 37.1 Å². The molecule has 0 N–H and O–H groups in total. The van der Waals surface area contributed by atoms with E-state index >= 15 is 0 Å². The maximum atomic E-state index is 13.0. The number of ketones is 1. The minimum Gasteiger partial charge on any atom is -0.383 e. The topological polar surface area (TPSA) is 56.3 Å². The van der Waals surface area contributed by atoms with Gasteiger partial charge in [0.05, 0.1) is 6.61 Å². The molecule has 2 heterocycles. The van der Waals surface area contributed by atoms with Crippen LogP contribution in [-0.4, -0.2) is 111 Å². The number of likely N-dealkylation sites (tertiary alicyclic amines) is 1. The molecule has 0 spiro atoms. The molecule has 3 fully saturated rings. The van der Waals surface area contributed by atoms with Crippen LogP contribution >= 0.6 is 0 Å². The van der Waals surface area contributed by atoms with Gasteiger partial charge in [0.15, 0.2) is 5.78 Å². The van der Waals surface area contributed by atoms with Crippen molar-refractivity contribution in [1.29, 1.82) is 0 Å². The summed E-state index contributed by atoms with van der Waals surface area (Å²) in [5, 5.41) is 0. The van der Waals surface area contributed by atoms with Crippen LogP contribution in [0.2, 0.25) is 0 Å². The molecule has 0 radical (unpaired) electrons.